The van der Waals surface area contributed by atoms with Gasteiger partial charge in [-0.15, -0.1) is 0 Å². The number of likely N-dealkylation sites (N-methyl/N-ethyl adjacent to an activating group) is 1. The lowest BCUT2D eigenvalue weighted by Gasteiger charge is -2.45. The lowest BCUT2D eigenvalue weighted by atomic mass is 9.94. The minimum Gasteiger partial charge on any atom is -0.373 e. The van der Waals surface area contributed by atoms with Crippen molar-refractivity contribution < 1.29 is 13.9 Å². The van der Waals surface area contributed by atoms with Crippen LogP contribution in [0.5, 0.6) is 0 Å². The van der Waals surface area contributed by atoms with Gasteiger partial charge in [-0.1, -0.05) is 6.07 Å². The summed E-state index contributed by atoms with van der Waals surface area (Å²) >= 11 is 0. The number of pyridine rings is 2. The van der Waals surface area contributed by atoms with Crippen LogP contribution < -0.4 is 15.5 Å². The summed E-state index contributed by atoms with van der Waals surface area (Å²) in [7, 11) is 4.15. The summed E-state index contributed by atoms with van der Waals surface area (Å²) in [6.45, 7) is 7.05. The van der Waals surface area contributed by atoms with Crippen molar-refractivity contribution in [3.63, 3.8) is 0 Å². The van der Waals surface area contributed by atoms with Gasteiger partial charge in [-0.2, -0.15) is 0 Å². The Morgan fingerprint density at radius 2 is 2.00 bits per heavy atom. The quantitative estimate of drug-likeness (QED) is 0.389. The van der Waals surface area contributed by atoms with Gasteiger partial charge in [0.15, 0.2) is 0 Å². The molecule has 3 aromatic heterocycles. The highest BCUT2D eigenvalue weighted by molar-refractivity contribution is 6.06. The first kappa shape index (κ1) is 25.3. The lowest BCUT2D eigenvalue weighted by Crippen LogP contribution is -2.57. The van der Waals surface area contributed by atoms with Crippen molar-refractivity contribution in [3.8, 4) is 11.3 Å². The number of carbonyl (C=O) groups is 1. The van der Waals surface area contributed by atoms with E-state index in [9.17, 15) is 9.18 Å². The summed E-state index contributed by atoms with van der Waals surface area (Å²) in [5, 5.41) is 6.27. The van der Waals surface area contributed by atoms with Crippen LogP contribution >= 0.6 is 0 Å². The maximum atomic E-state index is 13.7. The first-order chi connectivity index (χ1) is 18.7. The Morgan fingerprint density at radius 1 is 1.15 bits per heavy atom. The number of carbonyl (C=O) groups excluding carboxylic acids is 1. The molecule has 0 aliphatic carbocycles. The number of halogens is 1. The van der Waals surface area contributed by atoms with Crippen LogP contribution in [0.25, 0.3) is 16.9 Å². The first-order valence-corrected chi connectivity index (χ1v) is 13.1. The molecule has 0 saturated carbocycles. The number of amides is 1. The van der Waals surface area contributed by atoms with E-state index in [2.05, 4.69) is 58.3 Å². The number of fused-ring (bicyclic) bond motifs is 2. The number of ether oxygens (including phenoxy) is 1. The fourth-order valence-corrected chi connectivity index (χ4v) is 5.23. The van der Waals surface area contributed by atoms with E-state index >= 15 is 0 Å². The predicted molar refractivity (Wildman–Crippen MR) is 149 cm³/mol. The van der Waals surface area contributed by atoms with Gasteiger partial charge in [-0.25, -0.2) is 14.4 Å². The second kappa shape index (κ2) is 9.62. The molecule has 5 heterocycles. The van der Waals surface area contributed by atoms with Crippen molar-refractivity contribution in [1.82, 2.24) is 24.6 Å². The van der Waals surface area contributed by atoms with E-state index in [0.717, 1.165) is 35.6 Å². The molecule has 9 nitrogen and oxygen atoms in total. The van der Waals surface area contributed by atoms with Crippen LogP contribution in [0.2, 0.25) is 0 Å². The summed E-state index contributed by atoms with van der Waals surface area (Å²) in [6, 6.07) is 10.6. The van der Waals surface area contributed by atoms with Gasteiger partial charge >= 0.3 is 0 Å². The summed E-state index contributed by atoms with van der Waals surface area (Å²) in [4.78, 5) is 26.4. The molecule has 1 amide bonds. The van der Waals surface area contributed by atoms with Crippen molar-refractivity contribution in [1.29, 1.82) is 0 Å². The molecule has 6 rings (SSSR count). The number of nitrogens with one attached hydrogen (secondary N) is 2. The third kappa shape index (κ3) is 4.49. The molecule has 2 N–H and O–H groups in total. The Bertz CT molecular complexity index is 1550. The Kier molecular flexibility index (Phi) is 6.23. The average molecular weight is 530 g/mol. The number of imidazole rings is 1. The fourth-order valence-electron chi connectivity index (χ4n) is 5.23. The zero-order valence-corrected chi connectivity index (χ0v) is 22.5. The van der Waals surface area contributed by atoms with Gasteiger partial charge in [0.25, 0.3) is 5.91 Å². The molecule has 202 valence electrons. The minimum absolute atomic E-state index is 0.0746. The molecule has 0 spiro atoms. The average Bonchev–Trinajstić information content (AvgIpc) is 3.53. The number of aromatic nitrogens is 3. The predicted octanol–water partition coefficient (Wildman–Crippen LogP) is 4.07. The standard InChI is InChI=1S/C29H32FN7O2/c1-29(2,35(3)4)24-17-36(11-12-39-24)19-5-8-25(31-14-19)34-22-7-6-20(21-15-33-28(38)27(21)22)23-16-32-26-13-18(30)9-10-37(23)26/h5-10,13-14,16,24H,11-12,15,17H2,1-4H3,(H,31,34)(H,33,38). The monoisotopic (exact) mass is 529 g/mol. The van der Waals surface area contributed by atoms with Gasteiger partial charge in [-0.3, -0.25) is 9.20 Å². The van der Waals surface area contributed by atoms with Crippen LogP contribution in [0.15, 0.2) is 55.0 Å². The van der Waals surface area contributed by atoms with Crippen LogP contribution in [0.1, 0.15) is 29.8 Å². The molecule has 39 heavy (non-hydrogen) atoms. The van der Waals surface area contributed by atoms with Crippen LogP contribution in [0.3, 0.4) is 0 Å². The first-order valence-electron chi connectivity index (χ1n) is 13.1. The van der Waals surface area contributed by atoms with E-state index in [4.69, 9.17) is 4.74 Å². The lowest BCUT2D eigenvalue weighted by molar-refractivity contribution is -0.0484. The van der Waals surface area contributed by atoms with Crippen molar-refractivity contribution in [2.24, 2.45) is 0 Å². The van der Waals surface area contributed by atoms with E-state index in [1.54, 1.807) is 12.4 Å². The third-order valence-corrected chi connectivity index (χ3v) is 8.10. The van der Waals surface area contributed by atoms with Gasteiger partial charge < -0.3 is 25.2 Å². The van der Waals surface area contributed by atoms with Crippen LogP contribution in [0.4, 0.5) is 21.6 Å². The molecule has 1 aromatic carbocycles. The van der Waals surface area contributed by atoms with E-state index < -0.39 is 0 Å². The maximum absolute atomic E-state index is 13.7. The Labute approximate surface area is 226 Å². The highest BCUT2D eigenvalue weighted by Gasteiger charge is 2.36. The Balaban J connectivity index is 1.25. The van der Waals surface area contributed by atoms with Crippen molar-refractivity contribution >= 4 is 28.7 Å². The van der Waals surface area contributed by atoms with Gasteiger partial charge in [0.05, 0.1) is 47.7 Å². The number of nitrogens with zero attached hydrogens (tertiary/aromatic N) is 5. The minimum atomic E-state index is -0.342. The highest BCUT2D eigenvalue weighted by Crippen LogP contribution is 2.35. The van der Waals surface area contributed by atoms with Crippen molar-refractivity contribution in [3.05, 3.63) is 71.9 Å². The van der Waals surface area contributed by atoms with E-state index in [0.29, 0.717) is 35.9 Å². The number of anilines is 3. The molecule has 2 aliphatic heterocycles. The summed E-state index contributed by atoms with van der Waals surface area (Å²) < 4.78 is 21.6. The van der Waals surface area contributed by atoms with Crippen molar-refractivity contribution in [2.45, 2.75) is 32.0 Å². The molecular formula is C29H32FN7O2. The molecule has 10 heteroatoms. The van der Waals surface area contributed by atoms with Gasteiger partial charge in [-0.05, 0) is 57.8 Å². The summed E-state index contributed by atoms with van der Waals surface area (Å²) in [5.41, 5.74) is 5.26. The molecular weight excluding hydrogens is 497 g/mol. The Morgan fingerprint density at radius 3 is 2.77 bits per heavy atom. The third-order valence-electron chi connectivity index (χ3n) is 8.10. The smallest absolute Gasteiger partial charge is 0.254 e. The number of hydrogen-bond donors (Lipinski definition) is 2. The molecule has 0 bridgehead atoms. The second-order valence-electron chi connectivity index (χ2n) is 10.8. The number of morpholine rings is 1. The number of hydrogen-bond acceptors (Lipinski definition) is 7. The van der Waals surface area contributed by atoms with Crippen LogP contribution in [0, 0.1) is 5.82 Å². The molecule has 4 aromatic rings. The topological polar surface area (TPSA) is 87.0 Å². The fraction of sp³-hybridized carbons (Fsp3) is 0.345. The molecule has 1 fully saturated rings. The molecule has 1 unspecified atom stereocenters. The van der Waals surface area contributed by atoms with E-state index in [-0.39, 0.29) is 23.4 Å². The van der Waals surface area contributed by atoms with Gasteiger partial charge in [0.1, 0.15) is 17.3 Å². The van der Waals surface area contributed by atoms with Crippen LogP contribution in [-0.2, 0) is 11.3 Å². The maximum Gasteiger partial charge on any atom is 0.254 e. The number of benzene rings is 1. The van der Waals surface area contributed by atoms with Gasteiger partial charge in [0, 0.05) is 43.0 Å². The normalized spacial score (nSPS) is 17.5. The van der Waals surface area contributed by atoms with Gasteiger partial charge in [0.2, 0.25) is 0 Å². The Hall–Kier alpha value is -4.02. The van der Waals surface area contributed by atoms with E-state index in [1.807, 2.05) is 34.9 Å². The summed E-state index contributed by atoms with van der Waals surface area (Å²) in [6.07, 6.45) is 5.29. The zero-order valence-electron chi connectivity index (χ0n) is 22.5. The second-order valence-corrected chi connectivity index (χ2v) is 10.8. The molecule has 2 aliphatic rings. The van der Waals surface area contributed by atoms with Crippen molar-refractivity contribution in [2.75, 3.05) is 44.0 Å². The highest BCUT2D eigenvalue weighted by atomic mass is 19.1. The summed E-state index contributed by atoms with van der Waals surface area (Å²) in [5.74, 6) is 0.163. The van der Waals surface area contributed by atoms with Crippen LogP contribution in [-0.4, -0.2) is 70.6 Å². The molecule has 1 atom stereocenters. The molecule has 0 radical (unpaired) electrons. The molecule has 1 saturated heterocycles. The zero-order chi connectivity index (χ0) is 27.3. The SMILES string of the molecule is CN(C)C(C)(C)C1CN(c2ccc(Nc3ccc(-c4cnc5cc(F)ccn45)c4c3C(=O)NC4)nc2)CCO1. The number of rotatable bonds is 6. The van der Waals surface area contributed by atoms with E-state index in [1.165, 1.54) is 12.1 Å². The largest absolute Gasteiger partial charge is 0.373 e.